The van der Waals surface area contributed by atoms with Crippen molar-refractivity contribution in [2.75, 3.05) is 13.1 Å². The number of nitrogens with one attached hydrogen (secondary N) is 1. The summed E-state index contributed by atoms with van der Waals surface area (Å²) in [5.74, 6) is 0. The van der Waals surface area contributed by atoms with E-state index in [-0.39, 0.29) is 0 Å². The number of benzene rings is 1. The lowest BCUT2D eigenvalue weighted by Crippen LogP contribution is -2.40. The second kappa shape index (κ2) is 4.31. The second-order valence-electron chi connectivity index (χ2n) is 4.50. The van der Waals surface area contributed by atoms with Crippen molar-refractivity contribution in [3.63, 3.8) is 0 Å². The molecule has 82 valence electrons. The lowest BCUT2D eigenvalue weighted by atomic mass is 9.86. The summed E-state index contributed by atoms with van der Waals surface area (Å²) in [7, 11) is 0. The molecule has 1 aromatic carbocycles. The van der Waals surface area contributed by atoms with Gasteiger partial charge < -0.3 is 5.32 Å². The topological polar surface area (TPSA) is 12.0 Å². The van der Waals surface area contributed by atoms with Crippen molar-refractivity contribution < 1.29 is 4.39 Å². The molecule has 1 aliphatic heterocycles. The summed E-state index contributed by atoms with van der Waals surface area (Å²) in [6.45, 7) is 3.67. The van der Waals surface area contributed by atoms with Crippen LogP contribution in [0.4, 0.5) is 4.39 Å². The van der Waals surface area contributed by atoms with Gasteiger partial charge in [0.2, 0.25) is 0 Å². The third kappa shape index (κ3) is 2.57. The number of alkyl halides is 1. The Kier molecular flexibility index (Phi) is 3.06. The predicted octanol–water partition coefficient (Wildman–Crippen LogP) is 2.63. The van der Waals surface area contributed by atoms with Crippen LogP contribution < -0.4 is 5.32 Å². The highest BCUT2D eigenvalue weighted by Gasteiger charge is 2.31. The zero-order chi connectivity index (χ0) is 10.7. The SMILES string of the molecule is Cc1ccccc1CC1(F)CCNCC1. The van der Waals surface area contributed by atoms with E-state index in [4.69, 9.17) is 0 Å². The Bertz CT molecular complexity index is 329. The van der Waals surface area contributed by atoms with E-state index in [1.807, 2.05) is 18.2 Å². The van der Waals surface area contributed by atoms with Crippen LogP contribution in [0, 0.1) is 6.92 Å². The van der Waals surface area contributed by atoms with E-state index in [0.29, 0.717) is 19.3 Å². The zero-order valence-electron chi connectivity index (χ0n) is 9.22. The number of piperidine rings is 1. The average molecular weight is 207 g/mol. The first-order valence-corrected chi connectivity index (χ1v) is 5.64. The van der Waals surface area contributed by atoms with Gasteiger partial charge in [0, 0.05) is 6.42 Å². The van der Waals surface area contributed by atoms with Crippen molar-refractivity contribution in [3.8, 4) is 0 Å². The molecule has 0 aromatic heterocycles. The highest BCUT2D eigenvalue weighted by molar-refractivity contribution is 5.27. The van der Waals surface area contributed by atoms with Gasteiger partial charge in [0.1, 0.15) is 5.67 Å². The number of hydrogen-bond acceptors (Lipinski definition) is 1. The van der Waals surface area contributed by atoms with Gasteiger partial charge in [-0.15, -0.1) is 0 Å². The van der Waals surface area contributed by atoms with Gasteiger partial charge in [-0.05, 0) is 44.0 Å². The molecule has 0 unspecified atom stereocenters. The predicted molar refractivity (Wildman–Crippen MR) is 60.8 cm³/mol. The Balaban J connectivity index is 2.10. The Hall–Kier alpha value is -0.890. The first-order chi connectivity index (χ1) is 7.20. The Morgan fingerprint density at radius 1 is 1.27 bits per heavy atom. The van der Waals surface area contributed by atoms with Crippen LogP contribution in [0.1, 0.15) is 24.0 Å². The second-order valence-corrected chi connectivity index (χ2v) is 4.50. The smallest absolute Gasteiger partial charge is 0.117 e. The fourth-order valence-corrected chi connectivity index (χ4v) is 2.20. The van der Waals surface area contributed by atoms with Crippen molar-refractivity contribution in [2.45, 2.75) is 31.9 Å². The molecule has 0 spiro atoms. The van der Waals surface area contributed by atoms with Crippen LogP contribution in [0.5, 0.6) is 0 Å². The number of halogens is 1. The van der Waals surface area contributed by atoms with Gasteiger partial charge in [0.15, 0.2) is 0 Å². The molecule has 1 saturated heterocycles. The zero-order valence-corrected chi connectivity index (χ0v) is 9.22. The highest BCUT2D eigenvalue weighted by atomic mass is 19.1. The van der Waals surface area contributed by atoms with Crippen LogP contribution in [0.15, 0.2) is 24.3 Å². The first-order valence-electron chi connectivity index (χ1n) is 5.64. The summed E-state index contributed by atoms with van der Waals surface area (Å²) in [6, 6.07) is 8.09. The maximum Gasteiger partial charge on any atom is 0.117 e. The van der Waals surface area contributed by atoms with E-state index in [1.165, 1.54) is 5.56 Å². The molecule has 2 rings (SSSR count). The molecule has 0 radical (unpaired) electrons. The standard InChI is InChI=1S/C13H18FN/c1-11-4-2-3-5-12(11)10-13(14)6-8-15-9-7-13/h2-5,15H,6-10H2,1H3. The summed E-state index contributed by atoms with van der Waals surface area (Å²) in [5, 5.41) is 3.20. The van der Waals surface area contributed by atoms with E-state index < -0.39 is 5.67 Å². The average Bonchev–Trinajstić information content (AvgIpc) is 2.22. The van der Waals surface area contributed by atoms with Gasteiger partial charge in [-0.1, -0.05) is 24.3 Å². The maximum atomic E-state index is 14.4. The molecule has 0 bridgehead atoms. The van der Waals surface area contributed by atoms with E-state index in [0.717, 1.165) is 18.7 Å². The third-order valence-corrected chi connectivity index (χ3v) is 3.27. The highest BCUT2D eigenvalue weighted by Crippen LogP contribution is 2.28. The Labute approximate surface area is 90.7 Å². The molecule has 1 N–H and O–H groups in total. The molecule has 0 saturated carbocycles. The lowest BCUT2D eigenvalue weighted by Gasteiger charge is -2.30. The van der Waals surface area contributed by atoms with Crippen LogP contribution in [0.2, 0.25) is 0 Å². The lowest BCUT2D eigenvalue weighted by molar-refractivity contribution is 0.116. The van der Waals surface area contributed by atoms with Crippen LogP contribution in [0.25, 0.3) is 0 Å². The van der Waals surface area contributed by atoms with Crippen molar-refractivity contribution >= 4 is 0 Å². The van der Waals surface area contributed by atoms with Gasteiger partial charge in [-0.2, -0.15) is 0 Å². The fraction of sp³-hybridized carbons (Fsp3) is 0.538. The van der Waals surface area contributed by atoms with Gasteiger partial charge in [-0.25, -0.2) is 4.39 Å². The molecule has 0 atom stereocenters. The van der Waals surface area contributed by atoms with Crippen LogP contribution in [0.3, 0.4) is 0 Å². The summed E-state index contributed by atoms with van der Waals surface area (Å²) >= 11 is 0. The molecular weight excluding hydrogens is 189 g/mol. The van der Waals surface area contributed by atoms with Gasteiger partial charge in [0.05, 0.1) is 0 Å². The number of rotatable bonds is 2. The van der Waals surface area contributed by atoms with Crippen molar-refractivity contribution in [1.29, 1.82) is 0 Å². The van der Waals surface area contributed by atoms with Crippen molar-refractivity contribution in [2.24, 2.45) is 0 Å². The monoisotopic (exact) mass is 207 g/mol. The van der Waals surface area contributed by atoms with E-state index in [2.05, 4.69) is 18.3 Å². The summed E-state index contributed by atoms with van der Waals surface area (Å²) in [6.07, 6.45) is 1.85. The quantitative estimate of drug-likeness (QED) is 0.786. The maximum absolute atomic E-state index is 14.4. The number of hydrogen-bond donors (Lipinski definition) is 1. The number of aryl methyl sites for hydroxylation is 1. The van der Waals surface area contributed by atoms with Crippen LogP contribution in [-0.4, -0.2) is 18.8 Å². The molecule has 1 heterocycles. The van der Waals surface area contributed by atoms with E-state index >= 15 is 0 Å². The van der Waals surface area contributed by atoms with Crippen LogP contribution >= 0.6 is 0 Å². The molecule has 1 aliphatic rings. The van der Waals surface area contributed by atoms with Gasteiger partial charge in [0.25, 0.3) is 0 Å². The summed E-state index contributed by atoms with van der Waals surface area (Å²) < 4.78 is 14.4. The normalized spacial score (nSPS) is 20.1. The minimum Gasteiger partial charge on any atom is -0.316 e. The summed E-state index contributed by atoms with van der Waals surface area (Å²) in [5.41, 5.74) is 1.37. The largest absolute Gasteiger partial charge is 0.316 e. The molecule has 1 nitrogen and oxygen atoms in total. The fourth-order valence-electron chi connectivity index (χ4n) is 2.20. The van der Waals surface area contributed by atoms with Crippen LogP contribution in [-0.2, 0) is 6.42 Å². The molecule has 0 aliphatic carbocycles. The summed E-state index contributed by atoms with van der Waals surface area (Å²) in [4.78, 5) is 0. The third-order valence-electron chi connectivity index (χ3n) is 3.27. The Morgan fingerprint density at radius 3 is 2.60 bits per heavy atom. The molecule has 2 heteroatoms. The Morgan fingerprint density at radius 2 is 1.93 bits per heavy atom. The van der Waals surface area contributed by atoms with Crippen molar-refractivity contribution in [3.05, 3.63) is 35.4 Å². The van der Waals surface area contributed by atoms with E-state index in [9.17, 15) is 4.39 Å². The first kappa shape index (κ1) is 10.6. The van der Waals surface area contributed by atoms with Gasteiger partial charge >= 0.3 is 0 Å². The minimum atomic E-state index is -0.989. The molecule has 1 fully saturated rings. The van der Waals surface area contributed by atoms with E-state index in [1.54, 1.807) is 0 Å². The molecular formula is C13H18FN. The van der Waals surface area contributed by atoms with Crippen molar-refractivity contribution in [1.82, 2.24) is 5.32 Å². The molecule has 0 amide bonds. The minimum absolute atomic E-state index is 0.571. The molecule has 1 aromatic rings. The molecule has 15 heavy (non-hydrogen) atoms. The van der Waals surface area contributed by atoms with Gasteiger partial charge in [-0.3, -0.25) is 0 Å².